The van der Waals surface area contributed by atoms with Gasteiger partial charge in [-0.15, -0.1) is 0 Å². The van der Waals surface area contributed by atoms with E-state index >= 15 is 0 Å². The van der Waals surface area contributed by atoms with Gasteiger partial charge in [0.05, 0.1) is 23.6 Å². The van der Waals surface area contributed by atoms with Crippen LogP contribution >= 0.6 is 11.6 Å². The van der Waals surface area contributed by atoms with Crippen LogP contribution in [-0.2, 0) is 6.61 Å². The molecule has 0 aliphatic carbocycles. The molecular weight excluding hydrogens is 426 g/mol. The van der Waals surface area contributed by atoms with E-state index in [1.54, 1.807) is 67.8 Å². The molecule has 0 radical (unpaired) electrons. The summed E-state index contributed by atoms with van der Waals surface area (Å²) in [5.41, 5.74) is 2.13. The fraction of sp³-hybridized carbons (Fsp3) is 0.0800. The van der Waals surface area contributed by atoms with Gasteiger partial charge < -0.3 is 14.5 Å². The average molecular weight is 444 g/mol. The number of fused-ring (bicyclic) bond motifs is 1. The Bertz CT molecular complexity index is 1400. The molecule has 1 heterocycles. The zero-order valence-electron chi connectivity index (χ0n) is 17.1. The second-order valence-electron chi connectivity index (χ2n) is 6.93. The molecule has 0 aliphatic rings. The number of halogens is 1. The Morgan fingerprint density at radius 3 is 2.66 bits per heavy atom. The molecule has 158 valence electrons. The number of aromatic nitrogens is 2. The zero-order valence-corrected chi connectivity index (χ0v) is 17.9. The third-order valence-electron chi connectivity index (χ3n) is 4.79. The summed E-state index contributed by atoms with van der Waals surface area (Å²) >= 11 is 5.92. The Morgan fingerprint density at radius 1 is 1.12 bits per heavy atom. The minimum atomic E-state index is -0.296. The molecule has 0 unspecified atom stereocenters. The summed E-state index contributed by atoms with van der Waals surface area (Å²) in [5, 5.41) is 10.8. The molecule has 1 aromatic heterocycles. The summed E-state index contributed by atoms with van der Waals surface area (Å²) in [6, 6.07) is 21.8. The van der Waals surface area contributed by atoms with Crippen molar-refractivity contribution in [3.8, 4) is 17.6 Å². The van der Waals surface area contributed by atoms with Gasteiger partial charge >= 0.3 is 0 Å². The van der Waals surface area contributed by atoms with Gasteiger partial charge in [-0.25, -0.2) is 4.98 Å². The molecule has 32 heavy (non-hydrogen) atoms. The largest absolute Gasteiger partial charge is 0.493 e. The van der Waals surface area contributed by atoms with Crippen molar-refractivity contribution in [2.75, 3.05) is 7.11 Å². The van der Waals surface area contributed by atoms with E-state index in [0.717, 1.165) is 5.56 Å². The molecule has 0 saturated carbocycles. The van der Waals surface area contributed by atoms with Gasteiger partial charge in [0.2, 0.25) is 0 Å². The van der Waals surface area contributed by atoms with E-state index in [1.807, 2.05) is 12.1 Å². The van der Waals surface area contributed by atoms with E-state index < -0.39 is 0 Å². The average Bonchev–Trinajstić information content (AvgIpc) is 2.82. The van der Waals surface area contributed by atoms with E-state index in [0.29, 0.717) is 39.6 Å². The fourth-order valence-electron chi connectivity index (χ4n) is 3.17. The van der Waals surface area contributed by atoms with Gasteiger partial charge in [0, 0.05) is 5.02 Å². The van der Waals surface area contributed by atoms with Crippen molar-refractivity contribution in [1.82, 2.24) is 9.97 Å². The highest BCUT2D eigenvalue weighted by atomic mass is 35.5. The SMILES string of the molecule is COc1cc(/C=C(/C#N)c2nc3ccccc3c(=O)[nH]2)ccc1OCc1ccc(Cl)cc1. The molecule has 6 nitrogen and oxygen atoms in total. The summed E-state index contributed by atoms with van der Waals surface area (Å²) in [6.45, 7) is 0.356. The van der Waals surface area contributed by atoms with Crippen molar-refractivity contribution in [3.05, 3.63) is 99.1 Å². The standard InChI is InChI=1S/C25H18ClN3O3/c1-31-23-13-17(8-11-22(23)32-15-16-6-9-19(26)10-7-16)12-18(14-27)24-28-21-5-3-2-4-20(21)25(30)29-24/h2-13H,15H2,1H3,(H,28,29,30)/b18-12-. The number of hydrogen-bond donors (Lipinski definition) is 1. The Balaban J connectivity index is 1.62. The van der Waals surface area contributed by atoms with Crippen molar-refractivity contribution in [3.63, 3.8) is 0 Å². The monoisotopic (exact) mass is 443 g/mol. The second-order valence-corrected chi connectivity index (χ2v) is 7.36. The lowest BCUT2D eigenvalue weighted by Crippen LogP contribution is -2.11. The fourth-order valence-corrected chi connectivity index (χ4v) is 3.30. The number of para-hydroxylation sites is 1. The van der Waals surface area contributed by atoms with Crippen LogP contribution in [0.3, 0.4) is 0 Å². The zero-order chi connectivity index (χ0) is 22.5. The highest BCUT2D eigenvalue weighted by Crippen LogP contribution is 2.30. The van der Waals surface area contributed by atoms with Gasteiger partial charge in [-0.2, -0.15) is 5.26 Å². The number of aromatic amines is 1. The smallest absolute Gasteiger partial charge is 0.259 e. The van der Waals surface area contributed by atoms with E-state index in [-0.39, 0.29) is 17.0 Å². The normalized spacial score (nSPS) is 11.2. The molecule has 4 aromatic rings. The Labute approximate surface area is 189 Å². The third kappa shape index (κ3) is 4.64. The summed E-state index contributed by atoms with van der Waals surface area (Å²) < 4.78 is 11.3. The number of ether oxygens (including phenoxy) is 2. The topological polar surface area (TPSA) is 88.0 Å². The minimum Gasteiger partial charge on any atom is -0.493 e. The lowest BCUT2D eigenvalue weighted by molar-refractivity contribution is 0.284. The molecule has 0 bridgehead atoms. The molecule has 0 fully saturated rings. The molecule has 0 saturated heterocycles. The van der Waals surface area contributed by atoms with Gasteiger partial charge in [-0.05, 0) is 53.6 Å². The minimum absolute atomic E-state index is 0.207. The van der Waals surface area contributed by atoms with Crippen molar-refractivity contribution in [2.45, 2.75) is 6.61 Å². The van der Waals surface area contributed by atoms with Crippen LogP contribution in [0, 0.1) is 11.3 Å². The van der Waals surface area contributed by atoms with Crippen LogP contribution in [0.25, 0.3) is 22.6 Å². The first kappa shape index (κ1) is 21.2. The first-order valence-corrected chi connectivity index (χ1v) is 10.1. The molecule has 0 atom stereocenters. The number of hydrogen-bond acceptors (Lipinski definition) is 5. The van der Waals surface area contributed by atoms with Gasteiger partial charge in [-0.3, -0.25) is 4.79 Å². The van der Waals surface area contributed by atoms with E-state index in [2.05, 4.69) is 16.0 Å². The van der Waals surface area contributed by atoms with Crippen LogP contribution < -0.4 is 15.0 Å². The summed E-state index contributed by atoms with van der Waals surface area (Å²) in [7, 11) is 1.55. The maximum absolute atomic E-state index is 12.3. The molecule has 0 spiro atoms. The summed E-state index contributed by atoms with van der Waals surface area (Å²) in [5.74, 6) is 1.29. The molecule has 0 amide bonds. The molecular formula is C25H18ClN3O3. The lowest BCUT2D eigenvalue weighted by atomic mass is 10.1. The predicted octanol–water partition coefficient (Wildman–Crippen LogP) is 5.23. The maximum atomic E-state index is 12.3. The van der Waals surface area contributed by atoms with E-state index in [9.17, 15) is 10.1 Å². The molecule has 7 heteroatoms. The maximum Gasteiger partial charge on any atom is 0.259 e. The summed E-state index contributed by atoms with van der Waals surface area (Å²) in [4.78, 5) is 19.5. The van der Waals surface area contributed by atoms with E-state index in [1.165, 1.54) is 0 Å². The van der Waals surface area contributed by atoms with Crippen molar-refractivity contribution >= 4 is 34.2 Å². The number of benzene rings is 3. The quantitative estimate of drug-likeness (QED) is 0.412. The van der Waals surface area contributed by atoms with Crippen molar-refractivity contribution in [1.29, 1.82) is 5.26 Å². The number of nitrogens with zero attached hydrogens (tertiary/aromatic N) is 2. The first-order valence-electron chi connectivity index (χ1n) is 9.74. The molecule has 3 aromatic carbocycles. The van der Waals surface area contributed by atoms with Crippen molar-refractivity contribution in [2.24, 2.45) is 0 Å². The Hall–Kier alpha value is -4.08. The molecule has 4 rings (SSSR count). The van der Waals surface area contributed by atoms with Crippen LogP contribution in [-0.4, -0.2) is 17.1 Å². The summed E-state index contributed by atoms with van der Waals surface area (Å²) in [6.07, 6.45) is 1.64. The number of rotatable bonds is 6. The number of allylic oxidation sites excluding steroid dienone is 1. The predicted molar refractivity (Wildman–Crippen MR) is 125 cm³/mol. The Kier molecular flexibility index (Phi) is 6.20. The van der Waals surface area contributed by atoms with Gasteiger partial charge in [-0.1, -0.05) is 41.9 Å². The van der Waals surface area contributed by atoms with Crippen LogP contribution in [0.4, 0.5) is 0 Å². The van der Waals surface area contributed by atoms with Crippen LogP contribution in [0.2, 0.25) is 5.02 Å². The van der Waals surface area contributed by atoms with Gasteiger partial charge in [0.1, 0.15) is 12.7 Å². The Morgan fingerprint density at radius 2 is 1.91 bits per heavy atom. The number of methoxy groups -OCH3 is 1. The number of H-pyrrole nitrogens is 1. The molecule has 0 aliphatic heterocycles. The van der Waals surface area contributed by atoms with Crippen LogP contribution in [0.5, 0.6) is 11.5 Å². The lowest BCUT2D eigenvalue weighted by Gasteiger charge is -2.12. The first-order chi connectivity index (χ1) is 15.6. The second kappa shape index (κ2) is 9.38. The highest BCUT2D eigenvalue weighted by Gasteiger charge is 2.10. The number of nitriles is 1. The number of nitrogens with one attached hydrogen (secondary N) is 1. The van der Waals surface area contributed by atoms with E-state index in [4.69, 9.17) is 21.1 Å². The van der Waals surface area contributed by atoms with Crippen LogP contribution in [0.1, 0.15) is 17.0 Å². The molecule has 1 N–H and O–H groups in total. The van der Waals surface area contributed by atoms with Crippen LogP contribution in [0.15, 0.2) is 71.5 Å². The van der Waals surface area contributed by atoms with Gasteiger partial charge in [0.15, 0.2) is 17.3 Å². The van der Waals surface area contributed by atoms with Gasteiger partial charge in [0.25, 0.3) is 5.56 Å². The third-order valence-corrected chi connectivity index (χ3v) is 5.05. The highest BCUT2D eigenvalue weighted by molar-refractivity contribution is 6.30. The van der Waals surface area contributed by atoms with Crippen molar-refractivity contribution < 1.29 is 9.47 Å².